The van der Waals surface area contributed by atoms with Crippen LogP contribution in [0.1, 0.15) is 194 Å². The molecule has 7 saturated heterocycles. The van der Waals surface area contributed by atoms with Crippen molar-refractivity contribution < 1.29 is 84.4 Å². The summed E-state index contributed by atoms with van der Waals surface area (Å²) in [7, 11) is 0. The number of hydrogen-bond acceptors (Lipinski definition) is 17. The molecule has 17 heteroatoms. The Morgan fingerprint density at radius 3 is 1.64 bits per heavy atom. The highest BCUT2D eigenvalue weighted by atomic mass is 16.7. The lowest BCUT2D eigenvalue weighted by molar-refractivity contribution is -0.191. The molecule has 0 radical (unpaired) electrons. The number of aliphatic hydroxyl groups is 6. The molecule has 8 bridgehead atoms. The number of ether oxygens (including phenoxy) is 7. The smallest absolute Gasteiger partial charge is 0.456 e. The van der Waals surface area contributed by atoms with Crippen LogP contribution in [0.4, 0.5) is 0 Å². The SMILES string of the molecule is CC(=O)C[C@H]1CC[C@@H]2O[C@@H]3C[C@]2(C[C@@H](C)[C@H]3C)O1.C[C@@H]1[C@H](C)C[C@]2(O)C[C@H]1O[C@H]2C/C=C/CC(C)(C)C.C[C@@H]1[C@H](C)C[C@]23C[C@H]1O[C@H]2CC(=O)O3.C[C@@H]1[C@H](C)C[C@]23C[C@H]1O[C@H]2CC(O)O3.O=C=O.OC1C[C@@H](O)C(O)[C@H](O)C1.[H+]. The first-order chi connectivity index (χ1) is 36.4. The van der Waals surface area contributed by atoms with Gasteiger partial charge >= 0.3 is 13.5 Å². The quantitative estimate of drug-likeness (QED) is 0.117. The number of carbonyl (C=O) groups excluding carboxylic acids is 4. The van der Waals surface area contributed by atoms with Gasteiger partial charge < -0.3 is 63.8 Å². The van der Waals surface area contributed by atoms with Gasteiger partial charge in [0, 0.05) is 51.4 Å². The van der Waals surface area contributed by atoms with E-state index in [-0.39, 0.29) is 85.6 Å². The van der Waals surface area contributed by atoms with Crippen molar-refractivity contribution >= 4 is 17.9 Å². The number of rotatable bonds is 5. The van der Waals surface area contributed by atoms with Gasteiger partial charge in [-0.05, 0) is 111 Å². The summed E-state index contributed by atoms with van der Waals surface area (Å²) >= 11 is 0. The maximum Gasteiger partial charge on any atom is 1.00 e. The second kappa shape index (κ2) is 25.3. The van der Waals surface area contributed by atoms with Gasteiger partial charge in [0.15, 0.2) is 6.29 Å². The van der Waals surface area contributed by atoms with Gasteiger partial charge in [0.2, 0.25) is 0 Å². The molecule has 6 N–H and O–H groups in total. The van der Waals surface area contributed by atoms with Crippen LogP contribution in [0.3, 0.4) is 0 Å². The average Bonchev–Trinajstić information content (AvgIpc) is 4.35. The zero-order valence-electron chi connectivity index (χ0n) is 50.1. The first kappa shape index (κ1) is 63.4. The summed E-state index contributed by atoms with van der Waals surface area (Å²) in [6.07, 6.45) is 16.0. The standard InChI is InChI=1S/C17H30O2.C15H24O3.C11H18O3.C11H16O3.C6H12O4.CO2/c1-12-10-17(18)11-14(13(12)2)19-15(17)8-6-7-9-16(3,4)5;1-9-7-15-8-13(11(9)3)17-14(15)5-4-12(18-15)6-10(2)16;2*1-6-4-11-5-8(7(6)2)13-9(11)3-10(12)14-11;7-3-1-4(8)6(10)5(9)2-3;2-1-3/h6-7,12-15,18H,8-11H2,1-5H3;9,11-14H,4-8H2,1-3H3;6-10,12H,3-5H2,1-2H3;6-9H,3-5H2,1-2H3;3-10H,1-2H2;/p+1/b7-6+;;;;;/t12-,13-,14-,15+,17+;9-,11-,12-,13-,14+,15+;6-,7-,8-,9+,10?,11+;6-,7-,8-,9+,11+;3?,4-,5-,6?;/m11111./s1. The second-order valence-corrected chi connectivity index (χ2v) is 27.9. The molecule has 446 valence electrons. The van der Waals surface area contributed by atoms with Crippen molar-refractivity contribution in [3.63, 3.8) is 0 Å². The largest absolute Gasteiger partial charge is 1.00 e. The molecular formula is C61H101O17+. The minimum atomic E-state index is -1.09. The third-order valence-electron chi connectivity index (χ3n) is 20.7. The fourth-order valence-corrected chi connectivity index (χ4v) is 15.5. The van der Waals surface area contributed by atoms with Gasteiger partial charge in [-0.2, -0.15) is 9.59 Å². The monoisotopic (exact) mass is 1110 g/mol. The highest BCUT2D eigenvalue weighted by Gasteiger charge is 2.63. The number of Topliss-reactive ketones (excluding diaryl/α,β-unsaturated/α-hetero) is 1. The maximum atomic E-state index is 11.3. The molecule has 0 aromatic carbocycles. The Balaban J connectivity index is 0.000000159. The fourth-order valence-electron chi connectivity index (χ4n) is 15.5. The molecule has 5 aliphatic carbocycles. The van der Waals surface area contributed by atoms with Gasteiger partial charge in [-0.1, -0.05) is 88.3 Å². The summed E-state index contributed by atoms with van der Waals surface area (Å²) in [4.78, 5) is 38.8. The number of fused-ring (bicyclic) bond motifs is 5. The van der Waals surface area contributed by atoms with Gasteiger partial charge in [-0.25, -0.2) is 0 Å². The molecule has 0 aromatic heterocycles. The molecule has 7 aliphatic heterocycles. The molecule has 5 saturated carbocycles. The normalized spacial score (nSPS) is 49.7. The van der Waals surface area contributed by atoms with E-state index < -0.39 is 36.3 Å². The highest BCUT2D eigenvalue weighted by molar-refractivity contribution is 5.76. The molecule has 12 rings (SSSR count). The minimum Gasteiger partial charge on any atom is -0.456 e. The predicted molar refractivity (Wildman–Crippen MR) is 287 cm³/mol. The van der Waals surface area contributed by atoms with Crippen LogP contribution < -0.4 is 0 Å². The van der Waals surface area contributed by atoms with Crippen LogP contribution >= 0.6 is 0 Å². The van der Waals surface area contributed by atoms with E-state index in [2.05, 4.69) is 88.3 Å². The third kappa shape index (κ3) is 14.2. The lowest BCUT2D eigenvalue weighted by Gasteiger charge is -2.45. The van der Waals surface area contributed by atoms with Gasteiger partial charge in [0.25, 0.3) is 0 Å². The molecule has 17 nitrogen and oxygen atoms in total. The van der Waals surface area contributed by atoms with Crippen LogP contribution in [0, 0.1) is 52.8 Å². The maximum absolute atomic E-state index is 11.3. The van der Waals surface area contributed by atoms with Gasteiger partial charge in [0.1, 0.15) is 29.2 Å². The van der Waals surface area contributed by atoms with E-state index in [1.54, 1.807) is 6.92 Å². The van der Waals surface area contributed by atoms with E-state index >= 15 is 0 Å². The first-order valence-electron chi connectivity index (χ1n) is 29.9. The topological polar surface area (TPSA) is 254 Å². The molecular weight excluding hydrogens is 1000 g/mol. The Hall–Kier alpha value is -2.22. The zero-order chi connectivity index (χ0) is 57.4. The van der Waals surface area contributed by atoms with Crippen LogP contribution in [0.2, 0.25) is 0 Å². The average molecular weight is 1110 g/mol. The summed E-state index contributed by atoms with van der Waals surface area (Å²) < 4.78 is 41.7. The Kier molecular flexibility index (Phi) is 20.6. The van der Waals surface area contributed by atoms with E-state index in [1.807, 2.05) is 0 Å². The van der Waals surface area contributed by atoms with Crippen LogP contribution in [0.15, 0.2) is 12.2 Å². The van der Waals surface area contributed by atoms with Crippen molar-refractivity contribution in [2.24, 2.45) is 52.8 Å². The summed E-state index contributed by atoms with van der Waals surface area (Å²) in [5.74, 6) is 5.07. The Morgan fingerprint density at radius 2 is 1.10 bits per heavy atom. The number of carbonyl (C=O) groups is 2. The van der Waals surface area contributed by atoms with Gasteiger partial charge in [0.05, 0.1) is 84.8 Å². The van der Waals surface area contributed by atoms with Crippen molar-refractivity contribution in [1.82, 2.24) is 0 Å². The van der Waals surface area contributed by atoms with Crippen LogP contribution in [-0.4, -0.2) is 157 Å². The fraction of sp³-hybridized carbons (Fsp3) is 0.918. The van der Waals surface area contributed by atoms with Crippen molar-refractivity contribution in [1.29, 1.82) is 0 Å². The molecule has 78 heavy (non-hydrogen) atoms. The van der Waals surface area contributed by atoms with E-state index in [0.29, 0.717) is 90.3 Å². The molecule has 12 aliphatic rings. The van der Waals surface area contributed by atoms with E-state index in [4.69, 9.17) is 63.2 Å². The summed E-state index contributed by atoms with van der Waals surface area (Å²) in [6.45, 7) is 26.5. The van der Waals surface area contributed by atoms with Crippen molar-refractivity contribution in [3.8, 4) is 0 Å². The van der Waals surface area contributed by atoms with Gasteiger partial charge in [-0.15, -0.1) is 0 Å². The van der Waals surface area contributed by atoms with Crippen molar-refractivity contribution in [3.05, 3.63) is 12.2 Å². The molecule has 12 fully saturated rings. The minimum absolute atomic E-state index is 0. The van der Waals surface area contributed by atoms with Crippen LogP contribution in [0.5, 0.6) is 0 Å². The molecule has 7 heterocycles. The van der Waals surface area contributed by atoms with Crippen molar-refractivity contribution in [2.45, 2.75) is 300 Å². The highest BCUT2D eigenvalue weighted by Crippen LogP contribution is 2.56. The van der Waals surface area contributed by atoms with Gasteiger partial charge in [-0.3, -0.25) is 9.59 Å². The molecule has 1 unspecified atom stereocenters. The molecule has 24 atom stereocenters. The first-order valence-corrected chi connectivity index (χ1v) is 29.9. The number of aliphatic hydroxyl groups excluding tert-OH is 5. The number of hydrogen-bond donors (Lipinski definition) is 6. The third-order valence-corrected chi connectivity index (χ3v) is 20.7. The van der Waals surface area contributed by atoms with E-state index in [1.165, 1.54) is 0 Å². The molecule has 3 spiro atoms. The van der Waals surface area contributed by atoms with Crippen LogP contribution in [-0.2, 0) is 52.3 Å². The second-order valence-electron chi connectivity index (χ2n) is 27.9. The lowest BCUT2D eigenvalue weighted by atomic mass is 9.70. The summed E-state index contributed by atoms with van der Waals surface area (Å²) in [5, 5.41) is 56.0. The summed E-state index contributed by atoms with van der Waals surface area (Å²) in [5.41, 5.74) is -0.704. The Morgan fingerprint density at radius 1 is 0.628 bits per heavy atom. The Bertz CT molecular complexity index is 2070. The van der Waals surface area contributed by atoms with Crippen LogP contribution in [0.25, 0.3) is 0 Å². The molecule has 0 aromatic rings. The summed E-state index contributed by atoms with van der Waals surface area (Å²) in [6, 6.07) is 0. The number of ketones is 1. The van der Waals surface area contributed by atoms with Crippen molar-refractivity contribution in [2.75, 3.05) is 0 Å². The molecule has 0 amide bonds. The number of allylic oxidation sites excluding steroid dienone is 1. The zero-order valence-corrected chi connectivity index (χ0v) is 49.1. The van der Waals surface area contributed by atoms with E-state index in [0.717, 1.165) is 77.0 Å². The lowest BCUT2D eigenvalue weighted by Crippen LogP contribution is -2.51. The number of esters is 1. The van der Waals surface area contributed by atoms with E-state index in [9.17, 15) is 19.8 Å². The predicted octanol–water partition coefficient (Wildman–Crippen LogP) is 7.21. The Labute approximate surface area is 466 Å².